The van der Waals surface area contributed by atoms with Crippen LogP contribution in [0.2, 0.25) is 0 Å². The van der Waals surface area contributed by atoms with Gasteiger partial charge in [-0.1, -0.05) is 0 Å². The number of anilines is 1. The highest BCUT2D eigenvalue weighted by Gasteiger charge is 2.26. The zero-order valence-corrected chi connectivity index (χ0v) is 13.4. The summed E-state index contributed by atoms with van der Waals surface area (Å²) in [5.74, 6) is -0.0695. The molecule has 5 nitrogen and oxygen atoms in total. The molecule has 0 aliphatic carbocycles. The van der Waals surface area contributed by atoms with Crippen molar-refractivity contribution < 1.29 is 18.7 Å². The van der Waals surface area contributed by atoms with E-state index in [0.29, 0.717) is 18.8 Å². The second kappa shape index (κ2) is 6.96. The minimum absolute atomic E-state index is 0.0267. The number of carbonyl (C=O) groups is 1. The maximum atomic E-state index is 14.0. The Hall–Kier alpha value is -1.82. The largest absolute Gasteiger partial charge is 0.491 e. The van der Waals surface area contributed by atoms with Gasteiger partial charge in [0.1, 0.15) is 11.6 Å². The molecule has 1 aromatic carbocycles. The number of halogens is 1. The lowest BCUT2D eigenvalue weighted by Crippen LogP contribution is -2.49. The summed E-state index contributed by atoms with van der Waals surface area (Å²) in [5, 5.41) is 2.60. The molecule has 22 heavy (non-hydrogen) atoms. The average molecular weight is 310 g/mol. The Kier molecular flexibility index (Phi) is 5.24. The Morgan fingerprint density at radius 3 is 2.55 bits per heavy atom. The van der Waals surface area contributed by atoms with E-state index in [1.807, 2.05) is 27.7 Å². The number of morpholine rings is 1. The van der Waals surface area contributed by atoms with Crippen molar-refractivity contribution in [2.75, 3.05) is 18.4 Å². The molecule has 1 N–H and O–H groups in total. The first-order valence-corrected chi connectivity index (χ1v) is 7.52. The van der Waals surface area contributed by atoms with E-state index in [1.165, 1.54) is 12.1 Å². The van der Waals surface area contributed by atoms with Gasteiger partial charge < -0.3 is 19.7 Å². The van der Waals surface area contributed by atoms with E-state index in [-0.39, 0.29) is 30.0 Å². The number of hydrogen-bond donors (Lipinski definition) is 1. The van der Waals surface area contributed by atoms with Crippen LogP contribution in [0.4, 0.5) is 14.9 Å². The standard InChI is InChI=1S/C16H23FN2O3/c1-10(2)21-13-5-6-15(14(17)7-13)18-16(20)19-8-11(3)22-12(4)9-19/h5-7,10-12H,8-9H2,1-4H3,(H,18,20)/t11-,12-/m0/s1. The van der Waals surface area contributed by atoms with E-state index in [4.69, 9.17) is 9.47 Å². The number of urea groups is 1. The van der Waals surface area contributed by atoms with E-state index in [9.17, 15) is 9.18 Å². The number of carbonyl (C=O) groups excluding carboxylic acids is 1. The Morgan fingerprint density at radius 2 is 2.00 bits per heavy atom. The van der Waals surface area contributed by atoms with Crippen molar-refractivity contribution in [2.24, 2.45) is 0 Å². The highest BCUT2D eigenvalue weighted by atomic mass is 19.1. The summed E-state index contributed by atoms with van der Waals surface area (Å²) in [6.45, 7) is 8.55. The first-order valence-electron chi connectivity index (χ1n) is 7.52. The average Bonchev–Trinajstić information content (AvgIpc) is 2.40. The van der Waals surface area contributed by atoms with Crippen LogP contribution < -0.4 is 10.1 Å². The molecule has 0 aromatic heterocycles. The van der Waals surface area contributed by atoms with Crippen molar-refractivity contribution in [1.29, 1.82) is 0 Å². The summed E-state index contributed by atoms with van der Waals surface area (Å²) in [5.41, 5.74) is 0.146. The number of amides is 2. The maximum absolute atomic E-state index is 14.0. The summed E-state index contributed by atoms with van der Waals surface area (Å²) >= 11 is 0. The molecular weight excluding hydrogens is 287 g/mol. The van der Waals surface area contributed by atoms with Crippen molar-refractivity contribution >= 4 is 11.7 Å². The van der Waals surface area contributed by atoms with Gasteiger partial charge in [0.05, 0.1) is 24.0 Å². The number of nitrogens with zero attached hydrogens (tertiary/aromatic N) is 1. The minimum Gasteiger partial charge on any atom is -0.491 e. The first-order chi connectivity index (χ1) is 10.3. The monoisotopic (exact) mass is 310 g/mol. The first kappa shape index (κ1) is 16.5. The van der Waals surface area contributed by atoms with E-state index in [0.717, 1.165) is 0 Å². The summed E-state index contributed by atoms with van der Waals surface area (Å²) in [7, 11) is 0. The molecule has 0 bridgehead atoms. The normalized spacial score (nSPS) is 21.8. The van der Waals surface area contributed by atoms with E-state index >= 15 is 0 Å². The zero-order chi connectivity index (χ0) is 16.3. The highest BCUT2D eigenvalue weighted by molar-refractivity contribution is 5.89. The summed E-state index contributed by atoms with van der Waals surface area (Å²) < 4.78 is 25.0. The SMILES string of the molecule is CC(C)Oc1ccc(NC(=O)N2C[C@H](C)O[C@@H](C)C2)c(F)c1. The number of benzene rings is 1. The molecule has 1 aliphatic rings. The molecule has 2 atom stereocenters. The topological polar surface area (TPSA) is 50.8 Å². The van der Waals surface area contributed by atoms with Gasteiger partial charge in [-0.15, -0.1) is 0 Å². The fraction of sp³-hybridized carbons (Fsp3) is 0.562. The Bertz CT molecular complexity index is 526. The fourth-order valence-electron chi connectivity index (χ4n) is 2.48. The second-order valence-electron chi connectivity index (χ2n) is 5.90. The predicted molar refractivity (Wildman–Crippen MR) is 82.8 cm³/mol. The molecule has 1 fully saturated rings. The highest BCUT2D eigenvalue weighted by Crippen LogP contribution is 2.22. The van der Waals surface area contributed by atoms with Gasteiger partial charge in [-0.3, -0.25) is 0 Å². The molecule has 0 radical (unpaired) electrons. The third-order valence-electron chi connectivity index (χ3n) is 3.26. The van der Waals surface area contributed by atoms with Crippen LogP contribution in [-0.4, -0.2) is 42.3 Å². The fourth-order valence-corrected chi connectivity index (χ4v) is 2.48. The smallest absolute Gasteiger partial charge is 0.322 e. The molecule has 0 unspecified atom stereocenters. The second-order valence-corrected chi connectivity index (χ2v) is 5.90. The number of ether oxygens (including phenoxy) is 2. The number of nitrogens with one attached hydrogen (secondary N) is 1. The van der Waals surface area contributed by atoms with Crippen LogP contribution in [0.5, 0.6) is 5.75 Å². The molecule has 0 saturated carbocycles. The Balaban J connectivity index is 2.02. The van der Waals surface area contributed by atoms with Crippen LogP contribution in [-0.2, 0) is 4.74 Å². The lowest BCUT2D eigenvalue weighted by atomic mass is 10.2. The number of rotatable bonds is 3. The van der Waals surface area contributed by atoms with E-state index in [1.54, 1.807) is 11.0 Å². The van der Waals surface area contributed by atoms with Crippen LogP contribution in [0.1, 0.15) is 27.7 Å². The van der Waals surface area contributed by atoms with Crippen molar-refractivity contribution in [3.63, 3.8) is 0 Å². The predicted octanol–water partition coefficient (Wildman–Crippen LogP) is 3.25. The zero-order valence-electron chi connectivity index (χ0n) is 13.4. The molecule has 2 amide bonds. The van der Waals surface area contributed by atoms with Crippen molar-refractivity contribution in [1.82, 2.24) is 4.90 Å². The van der Waals surface area contributed by atoms with Gasteiger partial charge in [-0.05, 0) is 39.8 Å². The molecule has 1 heterocycles. The molecule has 1 aliphatic heterocycles. The van der Waals surface area contributed by atoms with Gasteiger partial charge in [0.15, 0.2) is 0 Å². The molecule has 1 aromatic rings. The van der Waals surface area contributed by atoms with E-state index in [2.05, 4.69) is 5.32 Å². The molecule has 6 heteroatoms. The van der Waals surface area contributed by atoms with Crippen molar-refractivity contribution in [3.8, 4) is 5.75 Å². The molecule has 122 valence electrons. The lowest BCUT2D eigenvalue weighted by Gasteiger charge is -2.35. The Labute approximate surface area is 130 Å². The van der Waals surface area contributed by atoms with Crippen LogP contribution in [0.25, 0.3) is 0 Å². The van der Waals surface area contributed by atoms with Gasteiger partial charge in [0.25, 0.3) is 0 Å². The molecule has 1 saturated heterocycles. The third-order valence-corrected chi connectivity index (χ3v) is 3.26. The van der Waals surface area contributed by atoms with Gasteiger partial charge in [-0.25, -0.2) is 9.18 Å². The van der Waals surface area contributed by atoms with Crippen LogP contribution in [0.15, 0.2) is 18.2 Å². The van der Waals surface area contributed by atoms with Gasteiger partial charge in [0.2, 0.25) is 0 Å². The third kappa shape index (κ3) is 4.34. The summed E-state index contributed by atoms with van der Waals surface area (Å²) in [6.07, 6.45) is -0.0847. The molecule has 2 rings (SSSR count). The van der Waals surface area contributed by atoms with Crippen molar-refractivity contribution in [3.05, 3.63) is 24.0 Å². The quantitative estimate of drug-likeness (QED) is 0.932. The minimum atomic E-state index is -0.513. The van der Waals surface area contributed by atoms with Crippen LogP contribution in [0.3, 0.4) is 0 Å². The van der Waals surface area contributed by atoms with E-state index < -0.39 is 5.82 Å². The van der Waals surface area contributed by atoms with Crippen LogP contribution in [0, 0.1) is 5.82 Å². The van der Waals surface area contributed by atoms with Gasteiger partial charge in [0, 0.05) is 19.2 Å². The van der Waals surface area contributed by atoms with Gasteiger partial charge >= 0.3 is 6.03 Å². The van der Waals surface area contributed by atoms with Crippen molar-refractivity contribution in [2.45, 2.75) is 46.0 Å². The summed E-state index contributed by atoms with van der Waals surface area (Å²) in [4.78, 5) is 13.9. The maximum Gasteiger partial charge on any atom is 0.322 e. The molecule has 0 spiro atoms. The van der Waals surface area contributed by atoms with Crippen LogP contribution >= 0.6 is 0 Å². The van der Waals surface area contributed by atoms with Gasteiger partial charge in [-0.2, -0.15) is 0 Å². The summed E-state index contributed by atoms with van der Waals surface area (Å²) in [6, 6.07) is 4.11. The number of hydrogen-bond acceptors (Lipinski definition) is 3. The Morgan fingerprint density at radius 1 is 1.36 bits per heavy atom. The molecular formula is C16H23FN2O3. The lowest BCUT2D eigenvalue weighted by molar-refractivity contribution is -0.0530.